The first kappa shape index (κ1) is 9.06. The van der Waals surface area contributed by atoms with Crippen LogP contribution in [0.15, 0.2) is 23.1 Å². The van der Waals surface area contributed by atoms with Crippen LogP contribution in [0.1, 0.15) is 0 Å². The summed E-state index contributed by atoms with van der Waals surface area (Å²) in [6.07, 6.45) is 1.62. The van der Waals surface area contributed by atoms with Crippen molar-refractivity contribution < 1.29 is 8.95 Å². The largest absolute Gasteiger partial charge is 0.495 e. The van der Waals surface area contributed by atoms with Gasteiger partial charge in [0.05, 0.1) is 12.8 Å². The van der Waals surface area contributed by atoms with Gasteiger partial charge in [0.1, 0.15) is 5.75 Å². The summed E-state index contributed by atoms with van der Waals surface area (Å²) in [4.78, 5) is 0.723. The van der Waals surface area contributed by atoms with Crippen LogP contribution in [0.4, 0.5) is 5.69 Å². The van der Waals surface area contributed by atoms with E-state index in [0.29, 0.717) is 11.4 Å². The van der Waals surface area contributed by atoms with Crippen LogP contribution in [-0.2, 0) is 10.8 Å². The third kappa shape index (κ3) is 1.76. The van der Waals surface area contributed by atoms with Crippen LogP contribution in [0.3, 0.4) is 0 Å². The molecule has 0 aliphatic rings. The van der Waals surface area contributed by atoms with Gasteiger partial charge in [0.15, 0.2) is 0 Å². The number of nitrogen functional groups attached to an aromatic ring is 1. The molecular formula is C8H11NO2S. The second-order valence-electron chi connectivity index (χ2n) is 2.36. The molecule has 4 heteroatoms. The maximum Gasteiger partial charge on any atom is 0.142 e. The van der Waals surface area contributed by atoms with Crippen molar-refractivity contribution in [2.45, 2.75) is 4.90 Å². The lowest BCUT2D eigenvalue weighted by atomic mass is 10.3. The molecule has 0 saturated heterocycles. The Morgan fingerprint density at radius 1 is 1.50 bits per heavy atom. The lowest BCUT2D eigenvalue weighted by Crippen LogP contribution is -1.94. The standard InChI is InChI=1S/C8H11NO2S/c1-11-8-5-6(12(2)10)3-4-7(8)9/h3-5H,9H2,1-2H3. The number of hydrogen-bond acceptors (Lipinski definition) is 3. The fourth-order valence-electron chi connectivity index (χ4n) is 0.870. The van der Waals surface area contributed by atoms with E-state index in [1.165, 1.54) is 7.11 Å². The molecule has 1 atom stereocenters. The summed E-state index contributed by atoms with van der Waals surface area (Å²) in [6.45, 7) is 0. The zero-order chi connectivity index (χ0) is 9.14. The molecular weight excluding hydrogens is 174 g/mol. The average molecular weight is 185 g/mol. The molecule has 1 aromatic rings. The Morgan fingerprint density at radius 3 is 2.67 bits per heavy atom. The number of hydrogen-bond donors (Lipinski definition) is 1. The molecule has 0 amide bonds. The maximum absolute atomic E-state index is 11.0. The van der Waals surface area contributed by atoms with E-state index in [1.54, 1.807) is 24.5 Å². The molecule has 1 rings (SSSR count). The van der Waals surface area contributed by atoms with Gasteiger partial charge in [0, 0.05) is 22.0 Å². The lowest BCUT2D eigenvalue weighted by Gasteiger charge is -2.04. The highest BCUT2D eigenvalue weighted by Crippen LogP contribution is 2.23. The van der Waals surface area contributed by atoms with Gasteiger partial charge in [0.2, 0.25) is 0 Å². The van der Waals surface area contributed by atoms with E-state index in [-0.39, 0.29) is 0 Å². The Hall–Kier alpha value is -1.03. The predicted octanol–water partition coefficient (Wildman–Crippen LogP) is 1.01. The molecule has 3 nitrogen and oxygen atoms in total. The van der Waals surface area contributed by atoms with Gasteiger partial charge in [-0.1, -0.05) is 0 Å². The lowest BCUT2D eigenvalue weighted by molar-refractivity contribution is 0.416. The third-order valence-corrected chi connectivity index (χ3v) is 2.45. The van der Waals surface area contributed by atoms with Gasteiger partial charge >= 0.3 is 0 Å². The van der Waals surface area contributed by atoms with Crippen molar-refractivity contribution in [1.82, 2.24) is 0 Å². The van der Waals surface area contributed by atoms with Crippen molar-refractivity contribution in [2.75, 3.05) is 19.1 Å². The molecule has 0 bridgehead atoms. The summed E-state index contributed by atoms with van der Waals surface area (Å²) >= 11 is 0. The molecule has 12 heavy (non-hydrogen) atoms. The smallest absolute Gasteiger partial charge is 0.142 e. The van der Waals surface area contributed by atoms with Crippen LogP contribution in [0, 0.1) is 0 Å². The van der Waals surface area contributed by atoms with Gasteiger partial charge in [-0.2, -0.15) is 0 Å². The summed E-state index contributed by atoms with van der Waals surface area (Å²) in [5.74, 6) is 0.572. The molecule has 0 radical (unpaired) electrons. The van der Waals surface area contributed by atoms with E-state index < -0.39 is 10.8 Å². The summed E-state index contributed by atoms with van der Waals surface area (Å²) in [5, 5.41) is 0. The summed E-state index contributed by atoms with van der Waals surface area (Å²) in [6, 6.07) is 5.11. The van der Waals surface area contributed by atoms with E-state index in [2.05, 4.69) is 0 Å². The Labute approximate surface area is 74.0 Å². The average Bonchev–Trinajstić information content (AvgIpc) is 2.05. The first-order valence-electron chi connectivity index (χ1n) is 3.42. The Bertz CT molecular complexity index is 312. The number of rotatable bonds is 2. The number of nitrogens with two attached hydrogens (primary N) is 1. The molecule has 0 spiro atoms. The van der Waals surface area contributed by atoms with Crippen LogP contribution in [-0.4, -0.2) is 17.6 Å². The van der Waals surface area contributed by atoms with Crippen LogP contribution in [0.2, 0.25) is 0 Å². The van der Waals surface area contributed by atoms with Gasteiger partial charge in [0.25, 0.3) is 0 Å². The first-order chi connectivity index (χ1) is 5.65. The predicted molar refractivity (Wildman–Crippen MR) is 49.7 cm³/mol. The van der Waals surface area contributed by atoms with Gasteiger partial charge < -0.3 is 10.5 Å². The first-order valence-corrected chi connectivity index (χ1v) is 4.98. The second kappa shape index (κ2) is 3.58. The second-order valence-corrected chi connectivity index (χ2v) is 3.74. The quantitative estimate of drug-likeness (QED) is 0.700. The molecule has 0 aromatic heterocycles. The number of ether oxygens (including phenoxy) is 1. The SMILES string of the molecule is COc1cc(S(C)=O)ccc1N. The monoisotopic (exact) mass is 185 g/mol. The minimum atomic E-state index is -0.985. The van der Waals surface area contributed by atoms with Gasteiger partial charge in [-0.05, 0) is 18.2 Å². The maximum atomic E-state index is 11.0. The molecule has 0 aliphatic carbocycles. The number of anilines is 1. The van der Waals surface area contributed by atoms with E-state index in [0.717, 1.165) is 4.90 Å². The van der Waals surface area contributed by atoms with Crippen LogP contribution in [0.25, 0.3) is 0 Å². The van der Waals surface area contributed by atoms with Crippen LogP contribution >= 0.6 is 0 Å². The molecule has 0 fully saturated rings. The third-order valence-electron chi connectivity index (χ3n) is 1.54. The summed E-state index contributed by atoms with van der Waals surface area (Å²) in [5.41, 5.74) is 6.14. The summed E-state index contributed by atoms with van der Waals surface area (Å²) in [7, 11) is 0.551. The van der Waals surface area contributed by atoms with E-state index >= 15 is 0 Å². The molecule has 0 aliphatic heterocycles. The van der Waals surface area contributed by atoms with E-state index in [1.807, 2.05) is 0 Å². The molecule has 0 saturated carbocycles. The normalized spacial score (nSPS) is 12.5. The van der Waals surface area contributed by atoms with Gasteiger partial charge in [-0.15, -0.1) is 0 Å². The van der Waals surface area contributed by atoms with E-state index in [4.69, 9.17) is 10.5 Å². The molecule has 0 heterocycles. The minimum absolute atomic E-state index is 0.562. The van der Waals surface area contributed by atoms with Crippen molar-refractivity contribution in [3.05, 3.63) is 18.2 Å². The van der Waals surface area contributed by atoms with Crippen molar-refractivity contribution >= 4 is 16.5 Å². The van der Waals surface area contributed by atoms with Crippen molar-refractivity contribution in [3.63, 3.8) is 0 Å². The summed E-state index contributed by atoms with van der Waals surface area (Å²) < 4.78 is 16.0. The molecule has 2 N–H and O–H groups in total. The fourth-order valence-corrected chi connectivity index (χ4v) is 1.40. The fraction of sp³-hybridized carbons (Fsp3) is 0.250. The number of methoxy groups -OCH3 is 1. The Kier molecular flexibility index (Phi) is 2.70. The van der Waals surface area contributed by atoms with E-state index in [9.17, 15) is 4.21 Å². The van der Waals surface area contributed by atoms with Gasteiger partial charge in [-0.25, -0.2) is 0 Å². The minimum Gasteiger partial charge on any atom is -0.495 e. The topological polar surface area (TPSA) is 52.3 Å². The zero-order valence-corrected chi connectivity index (χ0v) is 7.85. The van der Waals surface area contributed by atoms with Crippen LogP contribution < -0.4 is 10.5 Å². The highest BCUT2D eigenvalue weighted by Gasteiger charge is 2.02. The Morgan fingerprint density at radius 2 is 2.17 bits per heavy atom. The number of benzene rings is 1. The zero-order valence-electron chi connectivity index (χ0n) is 7.03. The Balaban J connectivity index is 3.13. The molecule has 1 unspecified atom stereocenters. The van der Waals surface area contributed by atoms with Gasteiger partial charge in [-0.3, -0.25) is 4.21 Å². The highest BCUT2D eigenvalue weighted by atomic mass is 32.2. The van der Waals surface area contributed by atoms with Crippen molar-refractivity contribution in [2.24, 2.45) is 0 Å². The van der Waals surface area contributed by atoms with Crippen LogP contribution in [0.5, 0.6) is 5.75 Å². The molecule has 1 aromatic carbocycles. The van der Waals surface area contributed by atoms with Crippen molar-refractivity contribution in [1.29, 1.82) is 0 Å². The highest BCUT2D eigenvalue weighted by molar-refractivity contribution is 7.84. The molecule has 66 valence electrons. The van der Waals surface area contributed by atoms with Crippen molar-refractivity contribution in [3.8, 4) is 5.75 Å².